The molecule has 1 saturated heterocycles. The average molecular weight is 377 g/mol. The minimum Gasteiger partial charge on any atom is -0.356 e. The van der Waals surface area contributed by atoms with Crippen LogP contribution >= 0.6 is 11.3 Å². The Bertz CT molecular complexity index is 595. The van der Waals surface area contributed by atoms with Gasteiger partial charge in [0.05, 0.1) is 0 Å². The van der Waals surface area contributed by atoms with E-state index in [0.29, 0.717) is 17.9 Å². The van der Waals surface area contributed by atoms with Crippen LogP contribution in [0.5, 0.6) is 0 Å². The van der Waals surface area contributed by atoms with Crippen LogP contribution in [0.25, 0.3) is 0 Å². The molecule has 1 aromatic heterocycles. The zero-order valence-corrected chi connectivity index (χ0v) is 16.9. The minimum absolute atomic E-state index is 0.270. The van der Waals surface area contributed by atoms with Crippen LogP contribution in [-0.2, 0) is 4.79 Å². The summed E-state index contributed by atoms with van der Waals surface area (Å²) < 4.78 is 0. The van der Waals surface area contributed by atoms with Crippen molar-refractivity contribution in [1.29, 1.82) is 0 Å². The molecule has 1 aliphatic heterocycles. The van der Waals surface area contributed by atoms with Crippen LogP contribution in [0.3, 0.4) is 0 Å². The van der Waals surface area contributed by atoms with Crippen LogP contribution in [0, 0.1) is 5.92 Å². The molecule has 5 nitrogen and oxygen atoms in total. The Labute approximate surface area is 161 Å². The van der Waals surface area contributed by atoms with Gasteiger partial charge in [-0.05, 0) is 47.6 Å². The number of aliphatic imine (C=N–C) groups is 1. The van der Waals surface area contributed by atoms with E-state index in [-0.39, 0.29) is 5.92 Å². The fourth-order valence-electron chi connectivity index (χ4n) is 4.00. The molecule has 0 spiro atoms. The second-order valence-electron chi connectivity index (χ2n) is 7.66. The molecule has 2 unspecified atom stereocenters. The van der Waals surface area contributed by atoms with Crippen molar-refractivity contribution in [2.45, 2.75) is 57.4 Å². The third kappa shape index (κ3) is 5.00. The number of amides is 1. The highest BCUT2D eigenvalue weighted by Gasteiger charge is 2.31. The minimum atomic E-state index is 0.270. The van der Waals surface area contributed by atoms with Crippen molar-refractivity contribution in [3.8, 4) is 0 Å². The number of thiophene rings is 1. The number of nitrogens with zero attached hydrogens (tertiary/aromatic N) is 2. The van der Waals surface area contributed by atoms with Gasteiger partial charge in [-0.25, -0.2) is 0 Å². The van der Waals surface area contributed by atoms with Crippen LogP contribution in [0.15, 0.2) is 21.8 Å². The molecule has 26 heavy (non-hydrogen) atoms. The second-order valence-corrected chi connectivity index (χ2v) is 8.44. The van der Waals surface area contributed by atoms with Crippen molar-refractivity contribution in [3.05, 3.63) is 22.4 Å². The van der Waals surface area contributed by atoms with E-state index >= 15 is 0 Å². The summed E-state index contributed by atoms with van der Waals surface area (Å²) in [4.78, 5) is 19.1. The third-order valence-electron chi connectivity index (χ3n) is 5.71. The smallest absolute Gasteiger partial charge is 0.225 e. The lowest BCUT2D eigenvalue weighted by Gasteiger charge is -2.26. The molecule has 1 amide bonds. The van der Waals surface area contributed by atoms with Crippen molar-refractivity contribution >= 4 is 23.2 Å². The molecule has 0 radical (unpaired) electrons. The van der Waals surface area contributed by atoms with Crippen molar-refractivity contribution in [3.63, 3.8) is 0 Å². The molecule has 2 fully saturated rings. The predicted octanol–water partition coefficient (Wildman–Crippen LogP) is 3.20. The topological polar surface area (TPSA) is 56.7 Å². The molecule has 0 aromatic carbocycles. The lowest BCUT2D eigenvalue weighted by Crippen LogP contribution is -2.46. The Kier molecular flexibility index (Phi) is 6.94. The number of carbonyl (C=O) groups is 1. The van der Waals surface area contributed by atoms with Crippen molar-refractivity contribution < 1.29 is 4.79 Å². The lowest BCUT2D eigenvalue weighted by molar-refractivity contribution is -0.135. The molecule has 2 aliphatic rings. The first-order chi connectivity index (χ1) is 12.7. The van der Waals surface area contributed by atoms with Crippen LogP contribution in [0.1, 0.15) is 56.9 Å². The SMILES string of the molecule is CN=C(NCC(C)c1ccsc1)NC1CCN(C(=O)C2CCCCC2)C1. The maximum atomic E-state index is 12.7. The number of likely N-dealkylation sites (tertiary alicyclic amines) is 1. The summed E-state index contributed by atoms with van der Waals surface area (Å²) in [7, 11) is 1.81. The lowest BCUT2D eigenvalue weighted by atomic mass is 9.88. The van der Waals surface area contributed by atoms with Gasteiger partial charge >= 0.3 is 0 Å². The summed E-state index contributed by atoms with van der Waals surface area (Å²) in [5, 5.41) is 11.3. The molecule has 0 bridgehead atoms. The molecule has 6 heteroatoms. The summed E-state index contributed by atoms with van der Waals surface area (Å²) in [6.45, 7) is 4.75. The highest BCUT2D eigenvalue weighted by atomic mass is 32.1. The standard InChI is InChI=1S/C20H32N4OS/c1-15(17-9-11-26-14-17)12-22-20(21-2)23-18-8-10-24(13-18)19(25)16-6-4-3-5-7-16/h9,11,14-16,18H,3-8,10,12-13H2,1-2H3,(H2,21,22,23). The summed E-state index contributed by atoms with van der Waals surface area (Å²) in [5.74, 6) is 1.94. The first kappa shape index (κ1) is 19.2. The van der Waals surface area contributed by atoms with E-state index < -0.39 is 0 Å². The Morgan fingerprint density at radius 1 is 1.35 bits per heavy atom. The monoisotopic (exact) mass is 376 g/mol. The summed E-state index contributed by atoms with van der Waals surface area (Å²) >= 11 is 1.74. The number of nitrogens with one attached hydrogen (secondary N) is 2. The first-order valence-corrected chi connectivity index (χ1v) is 10.9. The molecule has 2 N–H and O–H groups in total. The highest BCUT2D eigenvalue weighted by Crippen LogP contribution is 2.26. The first-order valence-electron chi connectivity index (χ1n) is 9.95. The van der Waals surface area contributed by atoms with Gasteiger partial charge < -0.3 is 15.5 Å². The Hall–Kier alpha value is -1.56. The van der Waals surface area contributed by atoms with Crippen molar-refractivity contribution in [2.24, 2.45) is 10.9 Å². The largest absolute Gasteiger partial charge is 0.356 e. The van der Waals surface area contributed by atoms with Gasteiger partial charge in [0.2, 0.25) is 5.91 Å². The van der Waals surface area contributed by atoms with Crippen LogP contribution in [0.2, 0.25) is 0 Å². The Morgan fingerprint density at radius 2 is 2.15 bits per heavy atom. The van der Waals surface area contributed by atoms with Crippen molar-refractivity contribution in [1.82, 2.24) is 15.5 Å². The summed E-state index contributed by atoms with van der Waals surface area (Å²) in [6, 6.07) is 2.48. The number of guanidine groups is 1. The molecule has 144 valence electrons. The average Bonchev–Trinajstić information content (AvgIpc) is 3.37. The maximum Gasteiger partial charge on any atom is 0.225 e. The quantitative estimate of drug-likeness (QED) is 0.613. The summed E-state index contributed by atoms with van der Waals surface area (Å²) in [5.41, 5.74) is 1.36. The molecular formula is C20H32N4OS. The van der Waals surface area contributed by atoms with Gasteiger partial charge in [0.25, 0.3) is 0 Å². The van der Waals surface area contributed by atoms with Gasteiger partial charge in [-0.1, -0.05) is 26.2 Å². The molecule has 2 atom stereocenters. The van der Waals surface area contributed by atoms with Crippen LogP contribution < -0.4 is 10.6 Å². The van der Waals surface area contributed by atoms with Crippen LogP contribution in [-0.4, -0.2) is 49.5 Å². The van der Waals surface area contributed by atoms with E-state index in [4.69, 9.17) is 0 Å². The molecule has 1 aliphatic carbocycles. The molecule has 2 heterocycles. The van der Waals surface area contributed by atoms with E-state index in [0.717, 1.165) is 44.9 Å². The normalized spacial score (nSPS) is 23.1. The predicted molar refractivity (Wildman–Crippen MR) is 109 cm³/mol. The molecule has 1 aromatic rings. The zero-order valence-electron chi connectivity index (χ0n) is 16.0. The van der Waals surface area contributed by atoms with Gasteiger partial charge in [0.1, 0.15) is 0 Å². The second kappa shape index (κ2) is 9.40. The van der Waals surface area contributed by atoms with E-state index in [1.54, 1.807) is 11.3 Å². The fourth-order valence-corrected chi connectivity index (χ4v) is 4.78. The number of hydrogen-bond acceptors (Lipinski definition) is 3. The zero-order chi connectivity index (χ0) is 18.4. The Morgan fingerprint density at radius 3 is 2.85 bits per heavy atom. The van der Waals surface area contributed by atoms with Gasteiger partial charge in [0.15, 0.2) is 5.96 Å². The van der Waals surface area contributed by atoms with Crippen molar-refractivity contribution in [2.75, 3.05) is 26.7 Å². The maximum absolute atomic E-state index is 12.7. The van der Waals surface area contributed by atoms with E-state index in [2.05, 4.69) is 44.3 Å². The Balaban J connectivity index is 1.43. The van der Waals surface area contributed by atoms with E-state index in [1.165, 1.54) is 24.8 Å². The number of hydrogen-bond donors (Lipinski definition) is 2. The molecule has 3 rings (SSSR count). The van der Waals surface area contributed by atoms with E-state index in [1.807, 2.05) is 7.05 Å². The fraction of sp³-hybridized carbons (Fsp3) is 0.700. The van der Waals surface area contributed by atoms with Gasteiger partial charge in [-0.3, -0.25) is 9.79 Å². The number of carbonyl (C=O) groups excluding carboxylic acids is 1. The van der Waals surface area contributed by atoms with Gasteiger partial charge in [-0.15, -0.1) is 0 Å². The summed E-state index contributed by atoms with van der Waals surface area (Å²) in [6.07, 6.45) is 6.88. The van der Waals surface area contributed by atoms with Gasteiger partial charge in [0, 0.05) is 38.6 Å². The van der Waals surface area contributed by atoms with Gasteiger partial charge in [-0.2, -0.15) is 11.3 Å². The molecule has 1 saturated carbocycles. The third-order valence-corrected chi connectivity index (χ3v) is 6.41. The highest BCUT2D eigenvalue weighted by molar-refractivity contribution is 7.07. The van der Waals surface area contributed by atoms with E-state index in [9.17, 15) is 4.79 Å². The molecular weight excluding hydrogens is 344 g/mol. The van der Waals surface area contributed by atoms with Crippen LogP contribution in [0.4, 0.5) is 0 Å². The number of rotatable bonds is 5.